The summed E-state index contributed by atoms with van der Waals surface area (Å²) in [6, 6.07) is 6.53. The zero-order valence-corrected chi connectivity index (χ0v) is 12.9. The summed E-state index contributed by atoms with van der Waals surface area (Å²) < 4.78 is 5.77. The van der Waals surface area contributed by atoms with Crippen molar-refractivity contribution in [1.29, 1.82) is 0 Å². The molecule has 21 heavy (non-hydrogen) atoms. The van der Waals surface area contributed by atoms with Crippen molar-refractivity contribution in [3.63, 3.8) is 0 Å². The Hall–Kier alpha value is -1.98. The topological polar surface area (TPSA) is 80.7 Å². The van der Waals surface area contributed by atoms with Crippen LogP contribution >= 0.6 is 23.2 Å². The van der Waals surface area contributed by atoms with Crippen LogP contribution in [0.4, 0.5) is 0 Å². The lowest BCUT2D eigenvalue weighted by Crippen LogP contribution is -2.17. The van der Waals surface area contributed by atoms with E-state index < -0.39 is 0 Å². The zero-order chi connectivity index (χ0) is 15.6. The highest BCUT2D eigenvalue weighted by Crippen LogP contribution is 2.31. The van der Waals surface area contributed by atoms with E-state index in [2.05, 4.69) is 10.1 Å². The number of rotatable bonds is 3. The summed E-state index contributed by atoms with van der Waals surface area (Å²) in [7, 11) is 0. The molecule has 0 amide bonds. The molecule has 0 fully saturated rings. The van der Waals surface area contributed by atoms with E-state index in [0.717, 1.165) is 5.69 Å². The molecule has 2 aromatic rings. The van der Waals surface area contributed by atoms with Crippen LogP contribution in [-0.4, -0.2) is 16.0 Å². The quantitative estimate of drug-likeness (QED) is 0.388. The van der Waals surface area contributed by atoms with E-state index >= 15 is 0 Å². The molecular weight excluding hydrogens is 313 g/mol. The minimum Gasteiger partial charge on any atom is -0.456 e. The predicted molar refractivity (Wildman–Crippen MR) is 82.8 cm³/mol. The number of aromatic nitrogens is 1. The van der Waals surface area contributed by atoms with Gasteiger partial charge in [0.25, 0.3) is 0 Å². The maximum atomic E-state index is 8.90. The number of benzene rings is 1. The Balaban J connectivity index is 2.52. The van der Waals surface area contributed by atoms with Gasteiger partial charge >= 0.3 is 0 Å². The SMILES string of the molecule is Cc1cc(Oc2cc(Cl)cc(Cl)c2)c(/C(N)=N/O)c(C)n1. The maximum absolute atomic E-state index is 8.90. The first-order valence-electron chi connectivity index (χ1n) is 6.01. The first-order valence-corrected chi connectivity index (χ1v) is 6.76. The fourth-order valence-corrected chi connectivity index (χ4v) is 2.46. The Morgan fingerprint density at radius 2 is 1.81 bits per heavy atom. The molecular formula is C14H13Cl2N3O2. The minimum absolute atomic E-state index is 0.0804. The van der Waals surface area contributed by atoms with Crippen LogP contribution in [0.1, 0.15) is 17.0 Å². The summed E-state index contributed by atoms with van der Waals surface area (Å²) in [6.45, 7) is 3.57. The molecule has 110 valence electrons. The number of amidine groups is 1. The van der Waals surface area contributed by atoms with Gasteiger partial charge in [0.05, 0.1) is 11.3 Å². The highest BCUT2D eigenvalue weighted by atomic mass is 35.5. The molecule has 1 heterocycles. The van der Waals surface area contributed by atoms with Crippen LogP contribution in [0, 0.1) is 13.8 Å². The Bertz CT molecular complexity index is 697. The van der Waals surface area contributed by atoms with Crippen molar-refractivity contribution in [3.05, 3.63) is 51.3 Å². The van der Waals surface area contributed by atoms with E-state index in [0.29, 0.717) is 32.8 Å². The molecule has 0 radical (unpaired) electrons. The lowest BCUT2D eigenvalue weighted by atomic mass is 10.1. The van der Waals surface area contributed by atoms with E-state index in [4.69, 9.17) is 38.9 Å². The van der Waals surface area contributed by atoms with E-state index in [1.165, 1.54) is 0 Å². The third-order valence-corrected chi connectivity index (χ3v) is 3.16. The molecule has 0 unspecified atom stereocenters. The molecule has 0 saturated carbocycles. The third kappa shape index (κ3) is 3.56. The summed E-state index contributed by atoms with van der Waals surface area (Å²) >= 11 is 11.9. The van der Waals surface area contributed by atoms with Gasteiger partial charge in [-0.25, -0.2) is 0 Å². The van der Waals surface area contributed by atoms with Gasteiger partial charge in [0.1, 0.15) is 11.5 Å². The molecule has 2 rings (SSSR count). The van der Waals surface area contributed by atoms with Crippen molar-refractivity contribution in [2.45, 2.75) is 13.8 Å². The molecule has 0 spiro atoms. The summed E-state index contributed by atoms with van der Waals surface area (Å²) in [5.74, 6) is 0.779. The van der Waals surface area contributed by atoms with Crippen molar-refractivity contribution >= 4 is 29.0 Å². The van der Waals surface area contributed by atoms with Gasteiger partial charge < -0.3 is 15.7 Å². The Kier molecular flexibility index (Phi) is 4.55. The normalized spacial score (nSPS) is 11.5. The molecule has 0 aliphatic heterocycles. The predicted octanol–water partition coefficient (Wildman–Crippen LogP) is 3.89. The molecule has 0 bridgehead atoms. The Morgan fingerprint density at radius 3 is 2.38 bits per heavy atom. The lowest BCUT2D eigenvalue weighted by Gasteiger charge is -2.13. The monoisotopic (exact) mass is 325 g/mol. The molecule has 7 heteroatoms. The van der Waals surface area contributed by atoms with Gasteiger partial charge in [-0.3, -0.25) is 4.98 Å². The molecule has 0 aliphatic rings. The molecule has 3 N–H and O–H groups in total. The van der Waals surface area contributed by atoms with Gasteiger partial charge in [-0.05, 0) is 32.0 Å². The first kappa shape index (κ1) is 15.4. The van der Waals surface area contributed by atoms with Gasteiger partial charge in [-0.1, -0.05) is 28.4 Å². The van der Waals surface area contributed by atoms with E-state index in [1.54, 1.807) is 31.2 Å². The van der Waals surface area contributed by atoms with Crippen LogP contribution in [0.2, 0.25) is 10.0 Å². The van der Waals surface area contributed by atoms with Crippen LogP contribution in [0.25, 0.3) is 0 Å². The number of nitrogens with two attached hydrogens (primary N) is 1. The average molecular weight is 326 g/mol. The number of nitrogens with zero attached hydrogens (tertiary/aromatic N) is 2. The molecule has 5 nitrogen and oxygen atoms in total. The van der Waals surface area contributed by atoms with Crippen LogP contribution < -0.4 is 10.5 Å². The third-order valence-electron chi connectivity index (χ3n) is 2.72. The number of aryl methyl sites for hydroxylation is 2. The number of halogens is 2. The van der Waals surface area contributed by atoms with Crippen molar-refractivity contribution in [2.75, 3.05) is 0 Å². The minimum atomic E-state index is -0.0804. The Morgan fingerprint density at radius 1 is 1.19 bits per heavy atom. The van der Waals surface area contributed by atoms with Crippen molar-refractivity contribution in [2.24, 2.45) is 10.9 Å². The number of ether oxygens (including phenoxy) is 1. The summed E-state index contributed by atoms with van der Waals surface area (Å²) in [4.78, 5) is 4.28. The number of oxime groups is 1. The number of hydrogen-bond donors (Lipinski definition) is 2. The van der Waals surface area contributed by atoms with E-state index in [1.807, 2.05) is 6.92 Å². The molecule has 1 aromatic heterocycles. The molecule has 0 saturated heterocycles. The zero-order valence-electron chi connectivity index (χ0n) is 11.4. The smallest absolute Gasteiger partial charge is 0.175 e. The highest BCUT2D eigenvalue weighted by Gasteiger charge is 2.15. The second-order valence-corrected chi connectivity index (χ2v) is 5.29. The second-order valence-electron chi connectivity index (χ2n) is 4.41. The summed E-state index contributed by atoms with van der Waals surface area (Å²) in [5.41, 5.74) is 7.44. The van der Waals surface area contributed by atoms with Gasteiger partial charge in [-0.15, -0.1) is 0 Å². The second kappa shape index (κ2) is 6.20. The lowest BCUT2D eigenvalue weighted by molar-refractivity contribution is 0.318. The fraction of sp³-hybridized carbons (Fsp3) is 0.143. The van der Waals surface area contributed by atoms with Crippen LogP contribution in [-0.2, 0) is 0 Å². The van der Waals surface area contributed by atoms with Crippen molar-refractivity contribution in [3.8, 4) is 11.5 Å². The van der Waals surface area contributed by atoms with Gasteiger partial charge in [0.2, 0.25) is 0 Å². The van der Waals surface area contributed by atoms with Crippen LogP contribution in [0.5, 0.6) is 11.5 Å². The molecule has 0 aliphatic carbocycles. The van der Waals surface area contributed by atoms with Crippen molar-refractivity contribution in [1.82, 2.24) is 4.98 Å². The standard InChI is InChI=1S/C14H13Cl2N3O2/c1-7-3-12(13(8(2)18-7)14(17)19-20)21-11-5-9(15)4-10(16)6-11/h3-6,20H,1-2H3,(H2,17,19). The molecule has 1 aromatic carbocycles. The summed E-state index contributed by atoms with van der Waals surface area (Å²) in [5, 5.41) is 12.8. The van der Waals surface area contributed by atoms with Gasteiger partial charge in [-0.2, -0.15) is 0 Å². The van der Waals surface area contributed by atoms with Gasteiger partial charge in [0.15, 0.2) is 5.84 Å². The maximum Gasteiger partial charge on any atom is 0.175 e. The first-order chi connectivity index (χ1) is 9.90. The Labute approximate surface area is 132 Å². The van der Waals surface area contributed by atoms with Gasteiger partial charge in [0, 0.05) is 21.8 Å². The van der Waals surface area contributed by atoms with E-state index in [9.17, 15) is 0 Å². The largest absolute Gasteiger partial charge is 0.456 e. The summed E-state index contributed by atoms with van der Waals surface area (Å²) in [6.07, 6.45) is 0. The van der Waals surface area contributed by atoms with Crippen LogP contribution in [0.3, 0.4) is 0 Å². The van der Waals surface area contributed by atoms with Crippen molar-refractivity contribution < 1.29 is 9.94 Å². The number of hydrogen-bond acceptors (Lipinski definition) is 4. The fourth-order valence-electron chi connectivity index (χ4n) is 1.95. The van der Waals surface area contributed by atoms with E-state index in [-0.39, 0.29) is 5.84 Å². The highest BCUT2D eigenvalue weighted by molar-refractivity contribution is 6.34. The number of pyridine rings is 1. The molecule has 0 atom stereocenters. The average Bonchev–Trinajstić information content (AvgIpc) is 2.36. The van der Waals surface area contributed by atoms with Crippen LogP contribution in [0.15, 0.2) is 29.4 Å².